The maximum atomic E-state index is 12.5. The number of hydrogen-bond acceptors (Lipinski definition) is 3. The van der Waals surface area contributed by atoms with Crippen LogP contribution < -0.4 is 0 Å². The number of amides is 1. The molecule has 3 nitrogen and oxygen atoms in total. The second-order valence-corrected chi connectivity index (χ2v) is 6.29. The molecule has 0 saturated heterocycles. The molecular formula is C15H17ClN2OS. The van der Waals surface area contributed by atoms with E-state index in [-0.39, 0.29) is 11.9 Å². The summed E-state index contributed by atoms with van der Waals surface area (Å²) >= 11 is 7.84. The molecule has 2 aromatic rings. The monoisotopic (exact) mass is 308 g/mol. The van der Waals surface area contributed by atoms with Crippen molar-refractivity contribution in [2.75, 3.05) is 7.05 Å². The van der Waals surface area contributed by atoms with Gasteiger partial charge in [-0.25, -0.2) is 0 Å². The third-order valence-corrected chi connectivity index (χ3v) is 4.49. The molecule has 0 aliphatic heterocycles. The van der Waals surface area contributed by atoms with Gasteiger partial charge in [-0.3, -0.25) is 9.78 Å². The quantitative estimate of drug-likeness (QED) is 0.860. The largest absolute Gasteiger partial charge is 0.339 e. The smallest absolute Gasteiger partial charge is 0.256 e. The van der Waals surface area contributed by atoms with Crippen LogP contribution in [0, 0.1) is 6.92 Å². The molecule has 20 heavy (non-hydrogen) atoms. The van der Waals surface area contributed by atoms with E-state index in [2.05, 4.69) is 11.1 Å². The molecule has 106 valence electrons. The number of pyridine rings is 1. The number of halogens is 1. The van der Waals surface area contributed by atoms with E-state index in [1.807, 2.05) is 25.3 Å². The molecule has 0 saturated carbocycles. The molecule has 0 aromatic carbocycles. The minimum atomic E-state index is -0.0912. The highest BCUT2D eigenvalue weighted by Gasteiger charge is 2.20. The van der Waals surface area contributed by atoms with Crippen LogP contribution in [0.2, 0.25) is 5.02 Å². The first-order valence-corrected chi connectivity index (χ1v) is 7.66. The zero-order chi connectivity index (χ0) is 14.7. The summed E-state index contributed by atoms with van der Waals surface area (Å²) in [5.74, 6) is -0.0912. The highest BCUT2D eigenvalue weighted by Crippen LogP contribution is 2.20. The van der Waals surface area contributed by atoms with E-state index in [9.17, 15) is 4.79 Å². The minimum Gasteiger partial charge on any atom is -0.339 e. The zero-order valence-corrected chi connectivity index (χ0v) is 13.3. The first kappa shape index (κ1) is 15.0. The highest BCUT2D eigenvalue weighted by molar-refractivity contribution is 7.09. The van der Waals surface area contributed by atoms with Gasteiger partial charge in [0, 0.05) is 36.3 Å². The second-order valence-electron chi connectivity index (χ2n) is 4.85. The van der Waals surface area contributed by atoms with Crippen LogP contribution in [-0.4, -0.2) is 28.9 Å². The standard InChI is InChI=1S/C15H17ClN2OS/c1-10-7-14(16)13(9-17-10)15(19)18(3)11(2)8-12-5-4-6-20-12/h4-7,9,11H,8H2,1-3H3. The van der Waals surface area contributed by atoms with Gasteiger partial charge >= 0.3 is 0 Å². The van der Waals surface area contributed by atoms with E-state index in [0.29, 0.717) is 10.6 Å². The average Bonchev–Trinajstić information content (AvgIpc) is 2.90. The number of aryl methyl sites for hydroxylation is 1. The van der Waals surface area contributed by atoms with Crippen molar-refractivity contribution in [3.8, 4) is 0 Å². The van der Waals surface area contributed by atoms with Crippen molar-refractivity contribution in [1.82, 2.24) is 9.88 Å². The van der Waals surface area contributed by atoms with Gasteiger partial charge in [-0.15, -0.1) is 11.3 Å². The lowest BCUT2D eigenvalue weighted by atomic mass is 10.1. The fourth-order valence-electron chi connectivity index (χ4n) is 1.93. The molecule has 2 aromatic heterocycles. The number of carbonyl (C=O) groups is 1. The van der Waals surface area contributed by atoms with E-state index in [1.165, 1.54) is 4.88 Å². The Morgan fingerprint density at radius 1 is 1.55 bits per heavy atom. The number of nitrogens with zero attached hydrogens (tertiary/aromatic N) is 2. The molecular weight excluding hydrogens is 292 g/mol. The predicted octanol–water partition coefficient (Wildman–Crippen LogP) is 3.81. The zero-order valence-electron chi connectivity index (χ0n) is 11.8. The molecule has 0 fully saturated rings. The molecule has 0 aliphatic carbocycles. The molecule has 5 heteroatoms. The predicted molar refractivity (Wildman–Crippen MR) is 83.6 cm³/mol. The normalized spacial score (nSPS) is 12.2. The Balaban J connectivity index is 2.11. The lowest BCUT2D eigenvalue weighted by molar-refractivity contribution is 0.0743. The van der Waals surface area contributed by atoms with Crippen molar-refractivity contribution in [3.05, 3.63) is 50.9 Å². The van der Waals surface area contributed by atoms with Gasteiger partial charge in [-0.2, -0.15) is 0 Å². The van der Waals surface area contributed by atoms with Crippen LogP contribution in [0.15, 0.2) is 29.8 Å². The number of rotatable bonds is 4. The van der Waals surface area contributed by atoms with Crippen molar-refractivity contribution in [2.45, 2.75) is 26.3 Å². The van der Waals surface area contributed by atoms with Crippen molar-refractivity contribution in [3.63, 3.8) is 0 Å². The second kappa shape index (κ2) is 6.37. The van der Waals surface area contributed by atoms with Crippen LogP contribution in [0.5, 0.6) is 0 Å². The lowest BCUT2D eigenvalue weighted by Gasteiger charge is -2.25. The van der Waals surface area contributed by atoms with Gasteiger partial charge < -0.3 is 4.90 Å². The average molecular weight is 309 g/mol. The first-order valence-electron chi connectivity index (χ1n) is 6.40. The Hall–Kier alpha value is -1.39. The van der Waals surface area contributed by atoms with Gasteiger partial charge in [-0.05, 0) is 31.4 Å². The van der Waals surface area contributed by atoms with E-state index in [1.54, 1.807) is 35.5 Å². The summed E-state index contributed by atoms with van der Waals surface area (Å²) in [5, 5.41) is 2.50. The van der Waals surface area contributed by atoms with Crippen LogP contribution in [0.4, 0.5) is 0 Å². The SMILES string of the molecule is Cc1cc(Cl)c(C(=O)N(C)C(C)Cc2cccs2)cn1. The molecule has 2 heterocycles. The van der Waals surface area contributed by atoms with Crippen molar-refractivity contribution in [2.24, 2.45) is 0 Å². The van der Waals surface area contributed by atoms with Gasteiger partial charge in [0.25, 0.3) is 5.91 Å². The summed E-state index contributed by atoms with van der Waals surface area (Å²) in [6.07, 6.45) is 2.39. The number of aromatic nitrogens is 1. The number of thiophene rings is 1. The summed E-state index contributed by atoms with van der Waals surface area (Å²) < 4.78 is 0. The Kier molecular flexibility index (Phi) is 4.78. The van der Waals surface area contributed by atoms with Gasteiger partial charge in [0.1, 0.15) is 0 Å². The molecule has 0 radical (unpaired) electrons. The molecule has 1 unspecified atom stereocenters. The fraction of sp³-hybridized carbons (Fsp3) is 0.333. The number of hydrogen-bond donors (Lipinski definition) is 0. The van der Waals surface area contributed by atoms with Crippen molar-refractivity contribution in [1.29, 1.82) is 0 Å². The van der Waals surface area contributed by atoms with E-state index in [0.717, 1.165) is 12.1 Å². The fourth-order valence-corrected chi connectivity index (χ4v) is 3.04. The van der Waals surface area contributed by atoms with Crippen LogP contribution in [0.3, 0.4) is 0 Å². The van der Waals surface area contributed by atoms with Crippen LogP contribution in [-0.2, 0) is 6.42 Å². The maximum absolute atomic E-state index is 12.5. The summed E-state index contributed by atoms with van der Waals surface area (Å²) in [5.41, 5.74) is 1.26. The third-order valence-electron chi connectivity index (χ3n) is 3.28. The molecule has 1 amide bonds. The molecule has 0 bridgehead atoms. The topological polar surface area (TPSA) is 33.2 Å². The Morgan fingerprint density at radius 2 is 2.30 bits per heavy atom. The number of carbonyl (C=O) groups excluding carboxylic acids is 1. The Bertz CT molecular complexity index is 598. The Labute approximate surface area is 128 Å². The van der Waals surface area contributed by atoms with Crippen LogP contribution >= 0.6 is 22.9 Å². The van der Waals surface area contributed by atoms with Gasteiger partial charge in [-0.1, -0.05) is 17.7 Å². The first-order chi connectivity index (χ1) is 9.49. The Morgan fingerprint density at radius 3 is 2.90 bits per heavy atom. The van der Waals surface area contributed by atoms with E-state index in [4.69, 9.17) is 11.6 Å². The summed E-state index contributed by atoms with van der Waals surface area (Å²) in [7, 11) is 1.80. The molecule has 2 rings (SSSR count). The number of likely N-dealkylation sites (N-methyl/N-ethyl adjacent to an activating group) is 1. The minimum absolute atomic E-state index is 0.0912. The summed E-state index contributed by atoms with van der Waals surface area (Å²) in [6, 6.07) is 5.93. The highest BCUT2D eigenvalue weighted by atomic mass is 35.5. The summed E-state index contributed by atoms with van der Waals surface area (Å²) in [6.45, 7) is 3.89. The molecule has 1 atom stereocenters. The van der Waals surface area contributed by atoms with E-state index < -0.39 is 0 Å². The van der Waals surface area contributed by atoms with Crippen LogP contribution in [0.25, 0.3) is 0 Å². The maximum Gasteiger partial charge on any atom is 0.256 e. The molecule has 0 spiro atoms. The lowest BCUT2D eigenvalue weighted by Crippen LogP contribution is -2.36. The van der Waals surface area contributed by atoms with Crippen molar-refractivity contribution < 1.29 is 4.79 Å². The van der Waals surface area contributed by atoms with Gasteiger partial charge in [0.2, 0.25) is 0 Å². The summed E-state index contributed by atoms with van der Waals surface area (Å²) in [4.78, 5) is 19.6. The molecule has 0 aliphatic rings. The third kappa shape index (κ3) is 3.38. The van der Waals surface area contributed by atoms with Gasteiger partial charge in [0.15, 0.2) is 0 Å². The van der Waals surface area contributed by atoms with Crippen molar-refractivity contribution >= 4 is 28.8 Å². The van der Waals surface area contributed by atoms with Crippen LogP contribution in [0.1, 0.15) is 27.9 Å². The van der Waals surface area contributed by atoms with Gasteiger partial charge in [0.05, 0.1) is 10.6 Å². The van der Waals surface area contributed by atoms with E-state index >= 15 is 0 Å². The molecule has 0 N–H and O–H groups in total.